The van der Waals surface area contributed by atoms with Crippen LogP contribution in [0.15, 0.2) is 18.2 Å². The summed E-state index contributed by atoms with van der Waals surface area (Å²) in [6.45, 7) is 19.9. The van der Waals surface area contributed by atoms with Gasteiger partial charge in [-0.05, 0) is 32.9 Å². The molecular formula is C24H42O3. The molecule has 0 saturated carbocycles. The van der Waals surface area contributed by atoms with Crippen LogP contribution in [0, 0.1) is 16.2 Å². The summed E-state index contributed by atoms with van der Waals surface area (Å²) in [7, 11) is 5.37. The first kappa shape index (κ1) is 24.1. The van der Waals surface area contributed by atoms with Crippen molar-refractivity contribution >= 4 is 0 Å². The van der Waals surface area contributed by atoms with Gasteiger partial charge in [-0.15, -0.1) is 0 Å². The molecule has 0 saturated heterocycles. The number of benzene rings is 1. The van der Waals surface area contributed by atoms with Crippen LogP contribution in [0.2, 0.25) is 0 Å². The van der Waals surface area contributed by atoms with Crippen LogP contribution in [0.5, 0.6) is 0 Å². The second-order valence-corrected chi connectivity index (χ2v) is 10.9. The first-order valence-electron chi connectivity index (χ1n) is 9.90. The molecule has 0 radical (unpaired) electrons. The summed E-state index contributed by atoms with van der Waals surface area (Å²) in [5.74, 6) is 0. The van der Waals surface area contributed by atoms with Crippen LogP contribution in [0.1, 0.15) is 97.3 Å². The van der Waals surface area contributed by atoms with Gasteiger partial charge in [0.2, 0.25) is 0 Å². The van der Waals surface area contributed by atoms with Crippen LogP contribution in [0.4, 0.5) is 0 Å². The molecule has 0 fully saturated rings. The lowest BCUT2D eigenvalue weighted by atomic mass is 9.77. The molecule has 0 aliphatic heterocycles. The quantitative estimate of drug-likeness (QED) is 0.539. The van der Waals surface area contributed by atoms with Crippen molar-refractivity contribution in [2.45, 2.75) is 80.6 Å². The molecule has 1 aromatic rings. The minimum atomic E-state index is -0.0146. The third-order valence-electron chi connectivity index (χ3n) is 4.98. The van der Waals surface area contributed by atoms with Crippen molar-refractivity contribution in [2.75, 3.05) is 21.3 Å². The molecule has 0 bridgehead atoms. The molecular weight excluding hydrogens is 336 g/mol. The van der Waals surface area contributed by atoms with E-state index in [-0.39, 0.29) is 34.6 Å². The molecule has 27 heavy (non-hydrogen) atoms. The van der Waals surface area contributed by atoms with Crippen molar-refractivity contribution in [1.29, 1.82) is 0 Å². The summed E-state index contributed by atoms with van der Waals surface area (Å²) >= 11 is 0. The van der Waals surface area contributed by atoms with Crippen molar-refractivity contribution < 1.29 is 14.2 Å². The van der Waals surface area contributed by atoms with E-state index < -0.39 is 0 Å². The van der Waals surface area contributed by atoms with E-state index in [2.05, 4.69) is 80.5 Å². The molecule has 3 atom stereocenters. The third-order valence-corrected chi connectivity index (χ3v) is 4.98. The van der Waals surface area contributed by atoms with E-state index >= 15 is 0 Å². The Morgan fingerprint density at radius 2 is 0.667 bits per heavy atom. The van der Waals surface area contributed by atoms with Crippen molar-refractivity contribution in [3.8, 4) is 0 Å². The smallest absolute Gasteiger partial charge is 0.0869 e. The number of rotatable bonds is 6. The second-order valence-electron chi connectivity index (χ2n) is 10.9. The van der Waals surface area contributed by atoms with Gasteiger partial charge in [-0.25, -0.2) is 0 Å². The average Bonchev–Trinajstić information content (AvgIpc) is 2.44. The molecule has 0 amide bonds. The highest BCUT2D eigenvalue weighted by Crippen LogP contribution is 2.44. The maximum Gasteiger partial charge on any atom is 0.0869 e. The van der Waals surface area contributed by atoms with Crippen molar-refractivity contribution in [2.24, 2.45) is 16.2 Å². The Kier molecular flexibility index (Phi) is 7.72. The van der Waals surface area contributed by atoms with E-state index in [4.69, 9.17) is 14.2 Å². The van der Waals surface area contributed by atoms with Gasteiger partial charge in [-0.1, -0.05) is 80.5 Å². The van der Waals surface area contributed by atoms with E-state index in [0.29, 0.717) is 0 Å². The van der Waals surface area contributed by atoms with Crippen molar-refractivity contribution in [1.82, 2.24) is 0 Å². The summed E-state index contributed by atoms with van der Waals surface area (Å²) in [5.41, 5.74) is 3.48. The zero-order chi connectivity index (χ0) is 21.2. The largest absolute Gasteiger partial charge is 0.376 e. The summed E-state index contributed by atoms with van der Waals surface area (Å²) in [4.78, 5) is 0. The second kappa shape index (κ2) is 8.63. The minimum absolute atomic E-state index is 0.00820. The number of hydrogen-bond acceptors (Lipinski definition) is 3. The Hall–Kier alpha value is -0.900. The zero-order valence-corrected chi connectivity index (χ0v) is 19.7. The first-order valence-corrected chi connectivity index (χ1v) is 9.90. The lowest BCUT2D eigenvalue weighted by Crippen LogP contribution is -2.25. The van der Waals surface area contributed by atoms with E-state index in [9.17, 15) is 0 Å². The summed E-state index contributed by atoms with van der Waals surface area (Å²) in [5, 5.41) is 0. The van der Waals surface area contributed by atoms with Crippen molar-refractivity contribution in [3.63, 3.8) is 0 Å². The Balaban J connectivity index is 3.70. The van der Waals surface area contributed by atoms with Gasteiger partial charge in [0.1, 0.15) is 0 Å². The van der Waals surface area contributed by atoms with Crippen molar-refractivity contribution in [3.05, 3.63) is 34.9 Å². The fourth-order valence-electron chi connectivity index (χ4n) is 4.13. The molecule has 0 spiro atoms. The summed E-state index contributed by atoms with van der Waals surface area (Å²) < 4.78 is 17.8. The molecule has 156 valence electrons. The van der Waals surface area contributed by atoms with Crippen LogP contribution in [-0.2, 0) is 14.2 Å². The van der Waals surface area contributed by atoms with E-state index in [1.807, 2.05) is 0 Å². The maximum atomic E-state index is 5.93. The highest BCUT2D eigenvalue weighted by Gasteiger charge is 2.33. The molecule has 3 unspecified atom stereocenters. The van der Waals surface area contributed by atoms with Gasteiger partial charge in [0.05, 0.1) is 18.3 Å². The topological polar surface area (TPSA) is 27.7 Å². The highest BCUT2D eigenvalue weighted by molar-refractivity contribution is 5.36. The molecule has 0 aromatic heterocycles. The van der Waals surface area contributed by atoms with Crippen LogP contribution >= 0.6 is 0 Å². The molecule has 3 heteroatoms. The number of ether oxygens (including phenoxy) is 3. The summed E-state index contributed by atoms with van der Waals surface area (Å²) in [6.07, 6.45) is -0.0246. The fraction of sp³-hybridized carbons (Fsp3) is 0.750. The number of methoxy groups -OCH3 is 3. The van der Waals surface area contributed by atoms with Crippen LogP contribution in [0.3, 0.4) is 0 Å². The van der Waals surface area contributed by atoms with Gasteiger partial charge < -0.3 is 14.2 Å². The lowest BCUT2D eigenvalue weighted by Gasteiger charge is -2.35. The SMILES string of the molecule is COC(c1cc(C(OC)C(C)(C)C)cc(C(OC)C(C)(C)C)c1)C(C)(C)C. The molecule has 0 aliphatic carbocycles. The first-order chi connectivity index (χ1) is 12.2. The predicted octanol–water partition coefficient (Wildman–Crippen LogP) is 6.89. The van der Waals surface area contributed by atoms with E-state index in [1.54, 1.807) is 21.3 Å². The van der Waals surface area contributed by atoms with Crippen LogP contribution in [-0.4, -0.2) is 21.3 Å². The third kappa shape index (κ3) is 6.04. The molecule has 1 rings (SSSR count). The van der Waals surface area contributed by atoms with Gasteiger partial charge in [-0.2, -0.15) is 0 Å². The maximum absolute atomic E-state index is 5.93. The van der Waals surface area contributed by atoms with Crippen LogP contribution < -0.4 is 0 Å². The van der Waals surface area contributed by atoms with Gasteiger partial charge in [-0.3, -0.25) is 0 Å². The monoisotopic (exact) mass is 378 g/mol. The normalized spacial score (nSPS) is 16.9. The van der Waals surface area contributed by atoms with Crippen LogP contribution in [0.25, 0.3) is 0 Å². The highest BCUT2D eigenvalue weighted by atomic mass is 16.5. The van der Waals surface area contributed by atoms with E-state index in [1.165, 1.54) is 16.7 Å². The Bertz CT molecular complexity index is 501. The standard InChI is InChI=1S/C24H42O3/c1-22(2,3)19(25-10)16-13-17(20(26-11)23(4,5)6)15-18(14-16)21(27-12)24(7,8)9/h13-15,19-21H,1-12H3. The molecule has 0 heterocycles. The van der Waals surface area contributed by atoms with Gasteiger partial charge in [0.25, 0.3) is 0 Å². The Morgan fingerprint density at radius 3 is 0.778 bits per heavy atom. The zero-order valence-electron chi connectivity index (χ0n) is 19.7. The number of hydrogen-bond donors (Lipinski definition) is 0. The average molecular weight is 379 g/mol. The molecule has 0 N–H and O–H groups in total. The summed E-state index contributed by atoms with van der Waals surface area (Å²) in [6, 6.07) is 6.74. The Labute approximate surface area is 167 Å². The molecule has 1 aromatic carbocycles. The Morgan fingerprint density at radius 1 is 0.481 bits per heavy atom. The van der Waals surface area contributed by atoms with Gasteiger partial charge in [0.15, 0.2) is 0 Å². The molecule has 3 nitrogen and oxygen atoms in total. The fourth-order valence-corrected chi connectivity index (χ4v) is 4.13. The minimum Gasteiger partial charge on any atom is -0.376 e. The van der Waals surface area contributed by atoms with E-state index in [0.717, 1.165) is 0 Å². The molecule has 0 aliphatic rings. The lowest BCUT2D eigenvalue weighted by molar-refractivity contribution is 0.00505. The predicted molar refractivity (Wildman–Crippen MR) is 114 cm³/mol. The van der Waals surface area contributed by atoms with Gasteiger partial charge >= 0.3 is 0 Å². The van der Waals surface area contributed by atoms with Gasteiger partial charge in [0, 0.05) is 21.3 Å².